The molecule has 0 spiro atoms. The van der Waals surface area contributed by atoms with Crippen LogP contribution in [0.15, 0.2) is 24.2 Å². The Kier molecular flexibility index (Phi) is 3.52. The molecular formula is C20H28N2O4. The number of rotatable bonds is 6. The Morgan fingerprint density at radius 3 is 2.77 bits per heavy atom. The highest BCUT2D eigenvalue weighted by Crippen LogP contribution is 2.25. The van der Waals surface area contributed by atoms with Gasteiger partial charge in [0.2, 0.25) is 11.8 Å². The summed E-state index contributed by atoms with van der Waals surface area (Å²) in [7, 11) is 1.13. The number of nitrogens with one attached hydrogen (secondary N) is 1. The van der Waals surface area contributed by atoms with Crippen molar-refractivity contribution in [3.8, 4) is 0 Å². The second kappa shape index (κ2) is 8.45. The summed E-state index contributed by atoms with van der Waals surface area (Å²) >= 11 is 0. The fourth-order valence-corrected chi connectivity index (χ4v) is 2.27. The Balaban J connectivity index is 2.68. The van der Waals surface area contributed by atoms with Gasteiger partial charge in [0.05, 0.1) is 8.22 Å². The maximum absolute atomic E-state index is 13.2. The fourth-order valence-electron chi connectivity index (χ4n) is 2.27. The van der Waals surface area contributed by atoms with Gasteiger partial charge in [0.1, 0.15) is 12.1 Å². The molecule has 3 atom stereocenters. The Hall–Kier alpha value is -2.21. The lowest BCUT2D eigenvalue weighted by Crippen LogP contribution is -2.43. The van der Waals surface area contributed by atoms with Gasteiger partial charge < -0.3 is 15.3 Å². The minimum absolute atomic E-state index is 0.681. The van der Waals surface area contributed by atoms with Crippen molar-refractivity contribution in [2.45, 2.75) is 45.7 Å². The van der Waals surface area contributed by atoms with Crippen LogP contribution in [-0.2, 0) is 20.8 Å². The van der Waals surface area contributed by atoms with Gasteiger partial charge in [0, 0.05) is 30.0 Å². The maximum Gasteiger partial charge on any atom is 0.249 e. The number of amides is 2. The first kappa shape index (κ1) is 10.8. The molecule has 0 aliphatic carbocycles. The maximum atomic E-state index is 13.2. The van der Waals surface area contributed by atoms with Crippen LogP contribution in [0.3, 0.4) is 0 Å². The van der Waals surface area contributed by atoms with E-state index in [1.807, 2.05) is 5.32 Å². The second-order valence-corrected chi connectivity index (χ2v) is 6.34. The molecule has 1 heterocycles. The molecule has 0 fully saturated rings. The Morgan fingerprint density at radius 2 is 2.12 bits per heavy atom. The summed E-state index contributed by atoms with van der Waals surface area (Å²) in [6.07, 6.45) is -6.08. The normalized spacial score (nSPS) is 31.7. The lowest BCUT2D eigenvalue weighted by Gasteiger charge is -2.24. The Morgan fingerprint density at radius 1 is 1.46 bits per heavy atom. The number of hydrogen-bond donors (Lipinski definition) is 2. The van der Waals surface area contributed by atoms with Gasteiger partial charge in [0.15, 0.2) is 5.78 Å². The van der Waals surface area contributed by atoms with Crippen LogP contribution in [0.2, 0.25) is 0 Å². The molecule has 26 heavy (non-hydrogen) atoms. The van der Waals surface area contributed by atoms with Crippen molar-refractivity contribution in [2.75, 3.05) is 13.6 Å². The predicted molar refractivity (Wildman–Crippen MR) is 98.3 cm³/mol. The van der Waals surface area contributed by atoms with Gasteiger partial charge in [0.25, 0.3) is 0 Å². The van der Waals surface area contributed by atoms with E-state index < -0.39 is 96.1 Å². The van der Waals surface area contributed by atoms with Gasteiger partial charge in [-0.15, -0.1) is 0 Å². The molecular weight excluding hydrogens is 332 g/mol. The molecule has 142 valence electrons. The number of ketones is 1. The van der Waals surface area contributed by atoms with E-state index in [1.165, 1.54) is 13.8 Å². The van der Waals surface area contributed by atoms with E-state index in [2.05, 4.69) is 0 Å². The molecule has 0 aromatic heterocycles. The molecule has 1 aromatic rings. The molecule has 6 heteroatoms. The van der Waals surface area contributed by atoms with Crippen molar-refractivity contribution in [2.24, 2.45) is 11.8 Å². The first-order valence-corrected chi connectivity index (χ1v) is 8.08. The number of hydrogen-bond acceptors (Lipinski definition) is 4. The Labute approximate surface area is 167 Å². The average molecular weight is 370 g/mol. The molecule has 1 aliphatic rings. The van der Waals surface area contributed by atoms with Crippen molar-refractivity contribution in [1.82, 2.24) is 10.2 Å². The summed E-state index contributed by atoms with van der Waals surface area (Å²) < 4.78 is 74.0. The number of carbonyl (C=O) groups is 3. The van der Waals surface area contributed by atoms with Gasteiger partial charge in [-0.3, -0.25) is 14.4 Å². The van der Waals surface area contributed by atoms with Gasteiger partial charge >= 0.3 is 0 Å². The highest BCUT2D eigenvalue weighted by atomic mass is 16.3. The summed E-state index contributed by atoms with van der Waals surface area (Å²) in [5.41, 5.74) is -1.49. The van der Waals surface area contributed by atoms with Crippen LogP contribution in [0.5, 0.6) is 0 Å². The monoisotopic (exact) mass is 369 g/mol. The lowest BCUT2D eigenvalue weighted by atomic mass is 9.94. The van der Waals surface area contributed by atoms with Crippen LogP contribution in [-0.4, -0.2) is 47.3 Å². The number of likely N-dealkylation sites (N-methyl/N-ethyl adjacent to an activating group) is 1. The molecule has 0 radical (unpaired) electrons. The standard InChI is InChI=1S/C20H28N2O4/c1-12(2)18(24)16(23)11-13(3)19(25)21-17-15-8-6-5-7-14(15)9-10-22(4)20(17)26/h5-8,12-13,17-18,24H,9-11H2,1-4H3,(H,21,25)/t13-,17+,18+/m1/s1/i5D,6D,7D,8D,9D2,13D,17D,18D. The van der Waals surface area contributed by atoms with Crippen molar-refractivity contribution in [1.29, 1.82) is 0 Å². The van der Waals surface area contributed by atoms with E-state index in [4.69, 9.17) is 12.3 Å². The van der Waals surface area contributed by atoms with E-state index in [-0.39, 0.29) is 0 Å². The molecule has 2 N–H and O–H groups in total. The number of carbonyl (C=O) groups excluding carboxylic acids is 3. The Bertz CT molecular complexity index is 1090. The zero-order chi connectivity index (χ0) is 27.5. The van der Waals surface area contributed by atoms with Gasteiger partial charge in [-0.05, 0) is 23.4 Å². The summed E-state index contributed by atoms with van der Waals surface area (Å²) in [5.74, 6) is -7.01. The molecule has 0 saturated carbocycles. The quantitative estimate of drug-likeness (QED) is 0.795. The number of fused-ring (bicyclic) bond motifs is 1. The van der Waals surface area contributed by atoms with E-state index >= 15 is 0 Å². The molecule has 2 rings (SSSR count). The first-order chi connectivity index (χ1) is 15.6. The van der Waals surface area contributed by atoms with Gasteiger partial charge in [-0.2, -0.15) is 0 Å². The van der Waals surface area contributed by atoms with Crippen molar-refractivity contribution in [3.05, 3.63) is 35.3 Å². The minimum atomic E-state index is -2.97. The van der Waals surface area contributed by atoms with Crippen LogP contribution in [0.4, 0.5) is 0 Å². The van der Waals surface area contributed by atoms with Crippen LogP contribution >= 0.6 is 0 Å². The third-order valence-electron chi connectivity index (χ3n) is 3.88. The highest BCUT2D eigenvalue weighted by Gasteiger charge is 2.32. The van der Waals surface area contributed by atoms with E-state index in [0.717, 1.165) is 18.9 Å². The highest BCUT2D eigenvalue weighted by molar-refractivity contribution is 5.92. The summed E-state index contributed by atoms with van der Waals surface area (Å²) in [5, 5.41) is 12.1. The topological polar surface area (TPSA) is 86.7 Å². The van der Waals surface area contributed by atoms with Crippen molar-refractivity contribution >= 4 is 17.6 Å². The third-order valence-corrected chi connectivity index (χ3v) is 3.88. The fraction of sp³-hybridized carbons (Fsp3) is 0.550. The largest absolute Gasteiger partial charge is 0.385 e. The summed E-state index contributed by atoms with van der Waals surface area (Å²) in [6, 6.07) is -6.34. The molecule has 1 aromatic carbocycles. The zero-order valence-corrected chi connectivity index (χ0v) is 15.1. The van der Waals surface area contributed by atoms with E-state index in [0.29, 0.717) is 0 Å². The minimum Gasteiger partial charge on any atom is -0.385 e. The van der Waals surface area contributed by atoms with E-state index in [9.17, 15) is 19.5 Å². The van der Waals surface area contributed by atoms with Crippen molar-refractivity contribution in [3.63, 3.8) is 0 Å². The van der Waals surface area contributed by atoms with Crippen LogP contribution in [0.25, 0.3) is 0 Å². The molecule has 6 nitrogen and oxygen atoms in total. The number of benzene rings is 1. The molecule has 1 aliphatic heterocycles. The molecule has 0 unspecified atom stereocenters. The average Bonchev–Trinajstić information content (AvgIpc) is 2.77. The first-order valence-electron chi connectivity index (χ1n) is 12.6. The van der Waals surface area contributed by atoms with Gasteiger partial charge in [-0.1, -0.05) is 44.9 Å². The smallest absolute Gasteiger partial charge is 0.249 e. The summed E-state index contributed by atoms with van der Waals surface area (Å²) in [4.78, 5) is 39.5. The van der Waals surface area contributed by atoms with E-state index in [1.54, 1.807) is 0 Å². The SMILES string of the molecule is [2H]c1c([2H])c([2H])c2c(c1[2H])C([2H])([2H])CN(C)C(=O)[C@@]2([2H])NC(=O)[C@]([2H])(C)CC(=O)[C@@]([2H])(O)C(C)C. The number of Topliss-reactive ketones (excluding diaryl/α,β-unsaturated/α-hetero) is 1. The lowest BCUT2D eigenvalue weighted by molar-refractivity contribution is -0.137. The second-order valence-electron chi connectivity index (χ2n) is 6.34. The molecule has 0 saturated heterocycles. The van der Waals surface area contributed by atoms with Crippen molar-refractivity contribution < 1.29 is 31.8 Å². The predicted octanol–water partition coefficient (Wildman–Crippen LogP) is 1.47. The molecule has 2 amide bonds. The van der Waals surface area contributed by atoms with Gasteiger partial charge in [-0.25, -0.2) is 0 Å². The molecule has 0 bridgehead atoms. The number of aliphatic hydroxyl groups is 1. The van der Waals surface area contributed by atoms with Crippen LogP contribution < -0.4 is 5.32 Å². The summed E-state index contributed by atoms with van der Waals surface area (Å²) in [6.45, 7) is 3.06. The number of nitrogens with zero attached hydrogens (tertiary/aromatic N) is 1. The van der Waals surface area contributed by atoms with Crippen LogP contribution in [0, 0.1) is 11.8 Å². The third kappa shape index (κ3) is 4.49. The zero-order valence-electron chi connectivity index (χ0n) is 24.1. The van der Waals surface area contributed by atoms with Crippen LogP contribution in [0.1, 0.15) is 56.7 Å².